The highest BCUT2D eigenvalue weighted by Crippen LogP contribution is 2.42. The van der Waals surface area contributed by atoms with Crippen LogP contribution in [0.3, 0.4) is 0 Å². The van der Waals surface area contributed by atoms with Gasteiger partial charge in [0.05, 0.1) is 11.4 Å². The first-order valence-corrected chi connectivity index (χ1v) is 12.1. The minimum Gasteiger partial charge on any atom is -0.480 e. The van der Waals surface area contributed by atoms with E-state index in [1.807, 2.05) is 6.08 Å². The van der Waals surface area contributed by atoms with Gasteiger partial charge in [-0.2, -0.15) is 23.3 Å². The Labute approximate surface area is 233 Å². The van der Waals surface area contributed by atoms with Crippen LogP contribution in [0.5, 0.6) is 5.88 Å². The number of hydrogen-bond donors (Lipinski definition) is 3. The normalized spacial score (nSPS) is 17.1. The molecule has 0 aliphatic heterocycles. The molecular weight excluding hydrogens is 560 g/mol. The number of halogens is 5. The number of carboxylic acid groups (broad SMARTS) is 1. The number of nitrogens with zero attached hydrogens (tertiary/aromatic N) is 4. The summed E-state index contributed by atoms with van der Waals surface area (Å²) in [6, 6.07) is 5.95. The number of aliphatic carboxylic acids is 1. The Morgan fingerprint density at radius 1 is 1.26 bits per heavy atom. The average molecular weight is 587 g/mol. The average Bonchev–Trinajstić information content (AvgIpc) is 3.28. The van der Waals surface area contributed by atoms with Crippen LogP contribution >= 0.6 is 24.0 Å². The van der Waals surface area contributed by atoms with Gasteiger partial charge in [0, 0.05) is 35.5 Å². The van der Waals surface area contributed by atoms with Crippen LogP contribution in [0.15, 0.2) is 42.6 Å². The standard InChI is InChI=1S/C25H26ClF3N6O3.ClH/c1-35-9-8-19(34-35)17-11-15(26)6-7-16(17)22(25(27,28)29)38-21-12-20(32-24(31)33-21)14-4-2-13(3-5-14)10-18(30)23(36)37;/h4,6-9,11-13,18,22H,2-3,5,10,30H2,1H3,(H,36,37)(H2,31,32,33);1H. The second-order valence-electron chi connectivity index (χ2n) is 9.15. The number of alkyl halides is 3. The summed E-state index contributed by atoms with van der Waals surface area (Å²) in [4.78, 5) is 19.1. The maximum absolute atomic E-state index is 14.3. The van der Waals surface area contributed by atoms with E-state index in [0.29, 0.717) is 37.1 Å². The molecule has 2 heterocycles. The number of aromatic nitrogens is 4. The molecule has 2 aromatic heterocycles. The molecule has 39 heavy (non-hydrogen) atoms. The quantitative estimate of drug-likeness (QED) is 0.327. The Balaban J connectivity index is 0.00000420. The van der Waals surface area contributed by atoms with E-state index in [-0.39, 0.29) is 46.3 Å². The van der Waals surface area contributed by atoms with Crippen LogP contribution in [0.25, 0.3) is 16.8 Å². The van der Waals surface area contributed by atoms with Crippen LogP contribution in [0, 0.1) is 5.92 Å². The minimum absolute atomic E-state index is 0. The number of ether oxygens (including phenoxy) is 1. The zero-order chi connectivity index (χ0) is 27.6. The molecule has 1 aliphatic carbocycles. The third-order valence-electron chi connectivity index (χ3n) is 6.30. The van der Waals surface area contributed by atoms with E-state index in [1.54, 1.807) is 19.3 Å². The van der Waals surface area contributed by atoms with Crippen LogP contribution in [0.1, 0.15) is 43.0 Å². The van der Waals surface area contributed by atoms with Gasteiger partial charge in [-0.1, -0.05) is 23.7 Å². The van der Waals surface area contributed by atoms with Crippen molar-refractivity contribution in [1.29, 1.82) is 0 Å². The molecule has 1 aliphatic rings. The fourth-order valence-corrected chi connectivity index (χ4v) is 4.60. The van der Waals surface area contributed by atoms with Crippen LogP contribution in [0.2, 0.25) is 5.02 Å². The van der Waals surface area contributed by atoms with Crippen molar-refractivity contribution in [3.63, 3.8) is 0 Å². The molecule has 0 spiro atoms. The number of rotatable bonds is 8. The summed E-state index contributed by atoms with van der Waals surface area (Å²) in [5.74, 6) is -1.57. The fourth-order valence-electron chi connectivity index (χ4n) is 4.43. The molecule has 0 saturated heterocycles. The van der Waals surface area contributed by atoms with Crippen LogP contribution in [0.4, 0.5) is 19.1 Å². The van der Waals surface area contributed by atoms with E-state index in [9.17, 15) is 18.0 Å². The third-order valence-corrected chi connectivity index (χ3v) is 6.53. The maximum Gasteiger partial charge on any atom is 0.429 e. The molecule has 3 atom stereocenters. The highest BCUT2D eigenvalue weighted by atomic mass is 35.5. The van der Waals surface area contributed by atoms with Crippen molar-refractivity contribution in [3.8, 4) is 17.1 Å². The zero-order valence-corrected chi connectivity index (χ0v) is 22.3. The highest BCUT2D eigenvalue weighted by molar-refractivity contribution is 6.30. The van der Waals surface area contributed by atoms with E-state index in [1.165, 1.54) is 28.9 Å². The first-order chi connectivity index (χ1) is 17.9. The molecule has 0 amide bonds. The summed E-state index contributed by atoms with van der Waals surface area (Å²) in [5.41, 5.74) is 12.9. The molecule has 5 N–H and O–H groups in total. The molecule has 14 heteroatoms. The predicted molar refractivity (Wildman–Crippen MR) is 142 cm³/mol. The van der Waals surface area contributed by atoms with Crippen molar-refractivity contribution in [1.82, 2.24) is 19.7 Å². The Morgan fingerprint density at radius 3 is 2.59 bits per heavy atom. The van der Waals surface area contributed by atoms with Crippen LogP contribution in [-0.2, 0) is 11.8 Å². The van der Waals surface area contributed by atoms with Crippen molar-refractivity contribution in [3.05, 3.63) is 58.9 Å². The topological polar surface area (TPSA) is 142 Å². The number of carboxylic acids is 1. The summed E-state index contributed by atoms with van der Waals surface area (Å²) in [6.45, 7) is 0. The molecule has 3 aromatic rings. The number of allylic oxidation sites excluding steroid dienone is 2. The molecule has 0 radical (unpaired) electrons. The van der Waals surface area contributed by atoms with Crippen molar-refractivity contribution in [2.75, 3.05) is 5.73 Å². The van der Waals surface area contributed by atoms with E-state index in [0.717, 1.165) is 5.57 Å². The smallest absolute Gasteiger partial charge is 0.429 e. The lowest BCUT2D eigenvalue weighted by atomic mass is 9.84. The summed E-state index contributed by atoms with van der Waals surface area (Å²) in [5, 5.41) is 13.5. The van der Waals surface area contributed by atoms with Gasteiger partial charge >= 0.3 is 12.1 Å². The predicted octanol–water partition coefficient (Wildman–Crippen LogP) is 5.20. The van der Waals surface area contributed by atoms with Crippen molar-refractivity contribution < 1.29 is 27.8 Å². The zero-order valence-electron chi connectivity index (χ0n) is 20.7. The van der Waals surface area contributed by atoms with Gasteiger partial charge in [0.2, 0.25) is 17.9 Å². The molecule has 1 aromatic carbocycles. The van der Waals surface area contributed by atoms with Crippen molar-refractivity contribution in [2.45, 2.75) is 44.0 Å². The Kier molecular flexibility index (Phi) is 9.47. The first-order valence-electron chi connectivity index (χ1n) is 11.8. The SMILES string of the molecule is Cl.Cn1ccc(-c2cc(Cl)ccc2C(Oc2cc(C3=CCC(CC(N)C(=O)O)CC3)nc(N)n2)C(F)(F)F)n1. The van der Waals surface area contributed by atoms with E-state index < -0.39 is 24.3 Å². The van der Waals surface area contributed by atoms with Gasteiger partial charge in [-0.15, -0.1) is 12.4 Å². The molecule has 4 rings (SSSR count). The number of nitrogens with two attached hydrogens (primary N) is 2. The lowest BCUT2D eigenvalue weighted by Gasteiger charge is -2.25. The molecular formula is C25H27Cl2F3N6O3. The summed E-state index contributed by atoms with van der Waals surface area (Å²) >= 11 is 6.10. The number of anilines is 1. The van der Waals surface area contributed by atoms with Crippen molar-refractivity contribution >= 4 is 41.5 Å². The molecule has 0 fully saturated rings. The largest absolute Gasteiger partial charge is 0.480 e. The third kappa shape index (κ3) is 7.40. The lowest BCUT2D eigenvalue weighted by molar-refractivity contribution is -0.198. The van der Waals surface area contributed by atoms with E-state index >= 15 is 0 Å². The highest BCUT2D eigenvalue weighted by Gasteiger charge is 2.45. The Morgan fingerprint density at radius 2 is 2.00 bits per heavy atom. The second-order valence-corrected chi connectivity index (χ2v) is 9.58. The first kappa shape index (κ1) is 30.2. The molecule has 210 valence electrons. The number of nitrogen functional groups attached to an aromatic ring is 1. The van der Waals surface area contributed by atoms with E-state index in [4.69, 9.17) is 32.9 Å². The van der Waals surface area contributed by atoms with Gasteiger partial charge in [-0.05, 0) is 55.4 Å². The summed E-state index contributed by atoms with van der Waals surface area (Å²) < 4.78 is 49.9. The summed E-state index contributed by atoms with van der Waals surface area (Å²) in [6.07, 6.45) is -1.66. The molecule has 3 unspecified atom stereocenters. The lowest BCUT2D eigenvalue weighted by Crippen LogP contribution is -2.32. The van der Waals surface area contributed by atoms with Crippen molar-refractivity contribution in [2.24, 2.45) is 18.7 Å². The number of benzene rings is 1. The monoisotopic (exact) mass is 586 g/mol. The molecule has 0 bridgehead atoms. The van der Waals surface area contributed by atoms with Gasteiger partial charge < -0.3 is 21.3 Å². The van der Waals surface area contributed by atoms with Gasteiger partial charge in [-0.25, -0.2) is 4.98 Å². The molecule has 9 nitrogen and oxygen atoms in total. The van der Waals surface area contributed by atoms with Gasteiger partial charge in [0.15, 0.2) is 0 Å². The Bertz CT molecular complexity index is 1370. The minimum atomic E-state index is -4.81. The number of hydrogen-bond acceptors (Lipinski definition) is 7. The second kappa shape index (κ2) is 12.2. The van der Waals surface area contributed by atoms with Crippen LogP contribution in [-0.4, -0.2) is 43.0 Å². The fraction of sp³-hybridized carbons (Fsp3) is 0.360. The van der Waals surface area contributed by atoms with Gasteiger partial charge in [0.25, 0.3) is 0 Å². The number of carbonyl (C=O) groups is 1. The number of aryl methyl sites for hydroxylation is 1. The molecule has 0 saturated carbocycles. The Hall–Kier alpha value is -3.35. The van der Waals surface area contributed by atoms with Crippen LogP contribution < -0.4 is 16.2 Å². The summed E-state index contributed by atoms with van der Waals surface area (Å²) in [7, 11) is 1.65. The van der Waals surface area contributed by atoms with Gasteiger partial charge in [0.1, 0.15) is 6.04 Å². The van der Waals surface area contributed by atoms with E-state index in [2.05, 4.69) is 15.1 Å². The van der Waals surface area contributed by atoms with Gasteiger partial charge in [-0.3, -0.25) is 9.48 Å². The maximum atomic E-state index is 14.3.